The monoisotopic (exact) mass is 437 g/mol. The molecule has 3 aromatic rings. The fourth-order valence-electron chi connectivity index (χ4n) is 4.16. The van der Waals surface area contributed by atoms with Crippen molar-refractivity contribution in [2.45, 2.75) is 45.6 Å². The lowest BCUT2D eigenvalue weighted by Gasteiger charge is -2.32. The molecule has 1 aliphatic rings. The highest BCUT2D eigenvalue weighted by molar-refractivity contribution is 7.22. The van der Waals surface area contributed by atoms with Crippen LogP contribution < -0.4 is 15.0 Å². The minimum atomic E-state index is 0.00423. The van der Waals surface area contributed by atoms with Crippen LogP contribution in [-0.2, 0) is 11.2 Å². The number of anilines is 1. The molecule has 2 aromatic carbocycles. The average molecular weight is 438 g/mol. The van der Waals surface area contributed by atoms with Crippen molar-refractivity contribution in [1.29, 1.82) is 0 Å². The van der Waals surface area contributed by atoms with Crippen molar-refractivity contribution in [3.05, 3.63) is 54.1 Å². The topological polar surface area (TPSA) is 54.5 Å². The van der Waals surface area contributed by atoms with E-state index in [0.717, 1.165) is 59.9 Å². The highest BCUT2D eigenvalue weighted by Crippen LogP contribution is 2.33. The fourth-order valence-corrected chi connectivity index (χ4v) is 5.19. The number of benzene rings is 2. The van der Waals surface area contributed by atoms with E-state index in [9.17, 15) is 4.79 Å². The van der Waals surface area contributed by atoms with Crippen LogP contribution in [0, 0.1) is 5.92 Å². The summed E-state index contributed by atoms with van der Waals surface area (Å²) < 4.78 is 6.75. The van der Waals surface area contributed by atoms with Crippen LogP contribution in [0.4, 0.5) is 5.13 Å². The zero-order valence-electron chi connectivity index (χ0n) is 18.3. The molecule has 4 rings (SSSR count). The van der Waals surface area contributed by atoms with Crippen molar-refractivity contribution >= 4 is 32.6 Å². The van der Waals surface area contributed by atoms with Gasteiger partial charge in [-0.25, -0.2) is 4.98 Å². The zero-order valence-corrected chi connectivity index (χ0v) is 19.2. The third-order valence-corrected chi connectivity index (χ3v) is 6.97. The van der Waals surface area contributed by atoms with Crippen LogP contribution >= 0.6 is 11.3 Å². The van der Waals surface area contributed by atoms with Gasteiger partial charge in [0.1, 0.15) is 5.75 Å². The second-order valence-corrected chi connectivity index (χ2v) is 9.16. The molecule has 6 heteroatoms. The molecule has 1 fully saturated rings. The lowest BCUT2D eigenvalue weighted by atomic mass is 9.96. The van der Waals surface area contributed by atoms with Crippen LogP contribution in [0.5, 0.6) is 5.75 Å². The predicted octanol–water partition coefficient (Wildman–Crippen LogP) is 5.05. The first-order valence-corrected chi connectivity index (χ1v) is 12.1. The average Bonchev–Trinajstić information content (AvgIpc) is 3.23. The van der Waals surface area contributed by atoms with E-state index in [4.69, 9.17) is 9.72 Å². The number of thiazole rings is 1. The summed E-state index contributed by atoms with van der Waals surface area (Å²) in [7, 11) is 0. The van der Waals surface area contributed by atoms with Crippen molar-refractivity contribution in [2.24, 2.45) is 5.92 Å². The number of fused-ring (bicyclic) bond motifs is 1. The van der Waals surface area contributed by atoms with E-state index in [1.807, 2.05) is 25.1 Å². The number of nitrogens with zero attached hydrogens (tertiary/aromatic N) is 2. The van der Waals surface area contributed by atoms with Gasteiger partial charge in [-0.2, -0.15) is 0 Å². The molecule has 1 aromatic heterocycles. The van der Waals surface area contributed by atoms with Crippen LogP contribution in [0.25, 0.3) is 10.2 Å². The van der Waals surface area contributed by atoms with Gasteiger partial charge in [0.05, 0.1) is 22.7 Å². The molecule has 0 bridgehead atoms. The van der Waals surface area contributed by atoms with E-state index in [-0.39, 0.29) is 17.9 Å². The zero-order chi connectivity index (χ0) is 21.6. The lowest BCUT2D eigenvalue weighted by Crippen LogP contribution is -2.46. The molecule has 1 aliphatic heterocycles. The van der Waals surface area contributed by atoms with E-state index in [1.165, 1.54) is 5.56 Å². The number of aromatic nitrogens is 1. The van der Waals surface area contributed by atoms with E-state index in [1.54, 1.807) is 11.3 Å². The first-order chi connectivity index (χ1) is 15.2. The third kappa shape index (κ3) is 5.37. The smallest absolute Gasteiger partial charge is 0.225 e. The van der Waals surface area contributed by atoms with Crippen molar-refractivity contribution in [3.8, 4) is 5.75 Å². The third-order valence-electron chi connectivity index (χ3n) is 5.89. The van der Waals surface area contributed by atoms with Gasteiger partial charge in [-0.1, -0.05) is 48.6 Å². The minimum absolute atomic E-state index is 0.00423. The standard InChI is InChI=1S/C25H31N3O2S/c1-3-20(15-18-9-6-5-7-10-18)26-24(29)19-11-8-14-28(17-19)25-27-22-13-12-21(30-4-2)16-23(22)31-25/h5-7,9-10,12-13,16,19-20H,3-4,8,11,14-15,17H2,1-2H3,(H,26,29)/t19-,20+/m0/s1. The Morgan fingerprint density at radius 2 is 2.10 bits per heavy atom. The molecule has 2 atom stereocenters. The number of piperidine rings is 1. The molecule has 0 radical (unpaired) electrons. The summed E-state index contributed by atoms with van der Waals surface area (Å²) in [4.78, 5) is 20.1. The Morgan fingerprint density at radius 1 is 1.26 bits per heavy atom. The number of nitrogens with one attached hydrogen (secondary N) is 1. The van der Waals surface area contributed by atoms with Crippen LogP contribution in [0.1, 0.15) is 38.7 Å². The molecule has 2 heterocycles. The molecule has 0 saturated carbocycles. The van der Waals surface area contributed by atoms with Gasteiger partial charge in [0, 0.05) is 19.1 Å². The van der Waals surface area contributed by atoms with Gasteiger partial charge in [0.2, 0.25) is 5.91 Å². The number of carbonyl (C=O) groups excluding carboxylic acids is 1. The maximum Gasteiger partial charge on any atom is 0.225 e. The summed E-state index contributed by atoms with van der Waals surface area (Å²) in [6, 6.07) is 16.6. The Morgan fingerprint density at radius 3 is 2.87 bits per heavy atom. The normalized spacial score (nSPS) is 17.5. The van der Waals surface area contributed by atoms with Gasteiger partial charge < -0.3 is 15.0 Å². The molecule has 164 valence electrons. The predicted molar refractivity (Wildman–Crippen MR) is 128 cm³/mol. The van der Waals surface area contributed by atoms with E-state index in [0.29, 0.717) is 6.61 Å². The Balaban J connectivity index is 1.40. The maximum absolute atomic E-state index is 13.1. The molecule has 0 unspecified atom stereocenters. The summed E-state index contributed by atoms with van der Waals surface area (Å²) in [5, 5.41) is 4.30. The summed E-state index contributed by atoms with van der Waals surface area (Å²) in [6.45, 7) is 6.46. The van der Waals surface area contributed by atoms with Crippen molar-refractivity contribution in [2.75, 3.05) is 24.6 Å². The molecule has 1 N–H and O–H groups in total. The first-order valence-electron chi connectivity index (χ1n) is 11.3. The SMILES string of the molecule is CCOc1ccc2nc(N3CCC[C@H](C(=O)N[C@H](CC)Cc4ccccc4)C3)sc2c1. The second kappa shape index (κ2) is 10.1. The summed E-state index contributed by atoms with van der Waals surface area (Å²) in [5.74, 6) is 1.06. The Kier molecular flexibility index (Phi) is 7.07. The van der Waals surface area contributed by atoms with E-state index in [2.05, 4.69) is 47.5 Å². The second-order valence-electron chi connectivity index (χ2n) is 8.15. The number of ether oxygens (including phenoxy) is 1. The van der Waals surface area contributed by atoms with Crippen molar-refractivity contribution < 1.29 is 9.53 Å². The van der Waals surface area contributed by atoms with Crippen molar-refractivity contribution in [3.63, 3.8) is 0 Å². The Labute approximate surface area is 188 Å². The van der Waals surface area contributed by atoms with Gasteiger partial charge in [-0.05, 0) is 56.4 Å². The molecule has 0 spiro atoms. The van der Waals surface area contributed by atoms with Crippen LogP contribution in [0.2, 0.25) is 0 Å². The molecule has 5 nitrogen and oxygen atoms in total. The van der Waals surface area contributed by atoms with Gasteiger partial charge in [-0.15, -0.1) is 0 Å². The fraction of sp³-hybridized carbons (Fsp3) is 0.440. The quantitative estimate of drug-likeness (QED) is 0.536. The minimum Gasteiger partial charge on any atom is -0.494 e. The summed E-state index contributed by atoms with van der Waals surface area (Å²) in [6.07, 6.45) is 3.74. The number of rotatable bonds is 8. The van der Waals surface area contributed by atoms with Gasteiger partial charge in [0.15, 0.2) is 5.13 Å². The number of amides is 1. The molecular weight excluding hydrogens is 406 g/mol. The Hall–Kier alpha value is -2.60. The molecule has 1 amide bonds. The molecule has 1 saturated heterocycles. The molecule has 0 aliphatic carbocycles. The van der Waals surface area contributed by atoms with E-state index >= 15 is 0 Å². The lowest BCUT2D eigenvalue weighted by molar-refractivity contribution is -0.126. The largest absolute Gasteiger partial charge is 0.494 e. The number of hydrogen-bond acceptors (Lipinski definition) is 5. The highest BCUT2D eigenvalue weighted by Gasteiger charge is 2.28. The van der Waals surface area contributed by atoms with Crippen LogP contribution in [0.3, 0.4) is 0 Å². The van der Waals surface area contributed by atoms with Gasteiger partial charge in [-0.3, -0.25) is 4.79 Å². The molecular formula is C25H31N3O2S. The van der Waals surface area contributed by atoms with Crippen molar-refractivity contribution in [1.82, 2.24) is 10.3 Å². The highest BCUT2D eigenvalue weighted by atomic mass is 32.1. The van der Waals surface area contributed by atoms with Crippen LogP contribution in [0.15, 0.2) is 48.5 Å². The molecule has 31 heavy (non-hydrogen) atoms. The van der Waals surface area contributed by atoms with Gasteiger partial charge in [0.25, 0.3) is 0 Å². The number of hydrogen-bond donors (Lipinski definition) is 1. The van der Waals surface area contributed by atoms with Gasteiger partial charge >= 0.3 is 0 Å². The Bertz CT molecular complexity index is 1000. The first kappa shape index (κ1) is 21.6. The maximum atomic E-state index is 13.1. The van der Waals surface area contributed by atoms with E-state index < -0.39 is 0 Å². The summed E-state index contributed by atoms with van der Waals surface area (Å²) >= 11 is 1.68. The summed E-state index contributed by atoms with van der Waals surface area (Å²) in [5.41, 5.74) is 2.25. The number of carbonyl (C=O) groups is 1. The van der Waals surface area contributed by atoms with Crippen LogP contribution in [-0.4, -0.2) is 36.6 Å².